The van der Waals surface area contributed by atoms with Gasteiger partial charge in [-0.05, 0) is 25.5 Å². The quantitative estimate of drug-likeness (QED) is 0.736. The highest BCUT2D eigenvalue weighted by molar-refractivity contribution is 5.85. The molecule has 1 aromatic carbocycles. The fourth-order valence-corrected chi connectivity index (χ4v) is 1.23. The summed E-state index contributed by atoms with van der Waals surface area (Å²) in [5.74, 6) is 0. The zero-order chi connectivity index (χ0) is 8.81. The molecule has 0 saturated heterocycles. The van der Waals surface area contributed by atoms with Crippen molar-refractivity contribution in [3.05, 3.63) is 35.4 Å². The number of hydrogen-bond acceptors (Lipinski definition) is 1. The maximum Gasteiger partial charge on any atom is 0.0205 e. The van der Waals surface area contributed by atoms with Gasteiger partial charge in [0.2, 0.25) is 0 Å². The van der Waals surface area contributed by atoms with Crippen LogP contribution in [0.25, 0.3) is 0 Å². The normalized spacial score (nSPS) is 9.38. The molecule has 0 fully saturated rings. The molecule has 1 nitrogen and oxygen atoms in total. The van der Waals surface area contributed by atoms with Crippen molar-refractivity contribution in [2.75, 3.05) is 6.54 Å². The molecule has 0 unspecified atom stereocenters. The van der Waals surface area contributed by atoms with Crippen LogP contribution >= 0.6 is 12.4 Å². The molecular formula is C11H18ClN. The second-order valence-corrected chi connectivity index (χ2v) is 3.17. The smallest absolute Gasteiger partial charge is 0.0205 e. The van der Waals surface area contributed by atoms with Gasteiger partial charge in [0.05, 0.1) is 0 Å². The Labute approximate surface area is 87.0 Å². The summed E-state index contributed by atoms with van der Waals surface area (Å²) < 4.78 is 0. The van der Waals surface area contributed by atoms with Crippen molar-refractivity contribution in [3.8, 4) is 0 Å². The minimum absolute atomic E-state index is 0. The van der Waals surface area contributed by atoms with Gasteiger partial charge in [-0.15, -0.1) is 12.4 Å². The van der Waals surface area contributed by atoms with Crippen LogP contribution in [0.4, 0.5) is 0 Å². The number of aryl methyl sites for hydroxylation is 1. The lowest BCUT2D eigenvalue weighted by Crippen LogP contribution is -2.13. The predicted octanol–water partition coefficient (Wildman–Crippen LogP) is 2.92. The second-order valence-electron chi connectivity index (χ2n) is 3.17. The summed E-state index contributed by atoms with van der Waals surface area (Å²) in [6, 6.07) is 8.62. The van der Waals surface area contributed by atoms with E-state index >= 15 is 0 Å². The lowest BCUT2D eigenvalue weighted by Gasteiger charge is -2.03. The first-order valence-electron chi connectivity index (χ1n) is 4.59. The van der Waals surface area contributed by atoms with Crippen LogP contribution in [-0.2, 0) is 6.54 Å². The van der Waals surface area contributed by atoms with E-state index in [1.54, 1.807) is 0 Å². The van der Waals surface area contributed by atoms with E-state index in [0.29, 0.717) is 0 Å². The molecule has 1 aromatic rings. The van der Waals surface area contributed by atoms with E-state index in [1.807, 2.05) is 0 Å². The topological polar surface area (TPSA) is 12.0 Å². The fourth-order valence-electron chi connectivity index (χ4n) is 1.23. The predicted molar refractivity (Wildman–Crippen MR) is 60.4 cm³/mol. The van der Waals surface area contributed by atoms with E-state index in [0.717, 1.165) is 13.1 Å². The van der Waals surface area contributed by atoms with E-state index in [9.17, 15) is 0 Å². The van der Waals surface area contributed by atoms with Gasteiger partial charge in [-0.3, -0.25) is 0 Å². The second kappa shape index (κ2) is 6.93. The molecule has 0 spiro atoms. The highest BCUT2D eigenvalue weighted by atomic mass is 35.5. The average molecular weight is 200 g/mol. The van der Waals surface area contributed by atoms with Gasteiger partial charge in [-0.1, -0.05) is 36.8 Å². The first-order chi connectivity index (χ1) is 5.83. The molecule has 0 aromatic heterocycles. The molecular weight excluding hydrogens is 182 g/mol. The number of hydrogen-bond donors (Lipinski definition) is 1. The maximum absolute atomic E-state index is 3.38. The van der Waals surface area contributed by atoms with Gasteiger partial charge in [0.1, 0.15) is 0 Å². The van der Waals surface area contributed by atoms with Gasteiger partial charge in [0.25, 0.3) is 0 Å². The minimum Gasteiger partial charge on any atom is -0.313 e. The molecule has 1 N–H and O–H groups in total. The van der Waals surface area contributed by atoms with Crippen LogP contribution in [0, 0.1) is 6.92 Å². The van der Waals surface area contributed by atoms with E-state index in [-0.39, 0.29) is 12.4 Å². The molecule has 0 aliphatic heterocycles. The summed E-state index contributed by atoms with van der Waals surface area (Å²) in [5.41, 5.74) is 2.72. The number of halogens is 1. The Morgan fingerprint density at radius 2 is 2.08 bits per heavy atom. The monoisotopic (exact) mass is 199 g/mol. The zero-order valence-corrected chi connectivity index (χ0v) is 9.16. The Bertz CT molecular complexity index is 235. The van der Waals surface area contributed by atoms with Gasteiger partial charge in [0, 0.05) is 6.54 Å². The van der Waals surface area contributed by atoms with Crippen molar-refractivity contribution in [3.63, 3.8) is 0 Å². The van der Waals surface area contributed by atoms with Gasteiger partial charge in [-0.25, -0.2) is 0 Å². The number of rotatable bonds is 4. The first kappa shape index (κ1) is 12.5. The summed E-state index contributed by atoms with van der Waals surface area (Å²) in [4.78, 5) is 0. The van der Waals surface area contributed by atoms with Crippen LogP contribution < -0.4 is 5.32 Å². The molecule has 0 heterocycles. The average Bonchev–Trinajstić information content (AvgIpc) is 2.05. The molecule has 74 valence electrons. The van der Waals surface area contributed by atoms with Crippen molar-refractivity contribution in [2.24, 2.45) is 0 Å². The summed E-state index contributed by atoms with van der Waals surface area (Å²) in [6.07, 6.45) is 1.20. The third kappa shape index (κ3) is 4.91. The Kier molecular flexibility index (Phi) is 6.65. The molecule has 2 heteroatoms. The molecule has 0 saturated carbocycles. The Hall–Kier alpha value is -0.530. The fraction of sp³-hybridized carbons (Fsp3) is 0.455. The molecule has 0 bridgehead atoms. The lowest BCUT2D eigenvalue weighted by atomic mass is 10.1. The van der Waals surface area contributed by atoms with Crippen LogP contribution in [-0.4, -0.2) is 6.54 Å². The van der Waals surface area contributed by atoms with Crippen molar-refractivity contribution in [1.82, 2.24) is 5.32 Å². The summed E-state index contributed by atoms with van der Waals surface area (Å²) >= 11 is 0. The van der Waals surface area contributed by atoms with Crippen LogP contribution in [0.1, 0.15) is 24.5 Å². The summed E-state index contributed by atoms with van der Waals surface area (Å²) in [6.45, 7) is 6.41. The van der Waals surface area contributed by atoms with Gasteiger partial charge < -0.3 is 5.32 Å². The lowest BCUT2D eigenvalue weighted by molar-refractivity contribution is 0.675. The molecule has 0 amide bonds. The van der Waals surface area contributed by atoms with Crippen molar-refractivity contribution in [2.45, 2.75) is 26.8 Å². The van der Waals surface area contributed by atoms with Gasteiger partial charge >= 0.3 is 0 Å². The zero-order valence-electron chi connectivity index (χ0n) is 8.34. The SMILES string of the molecule is CCCNCc1cccc(C)c1.Cl. The minimum atomic E-state index is 0. The van der Waals surface area contributed by atoms with Crippen molar-refractivity contribution in [1.29, 1.82) is 0 Å². The highest BCUT2D eigenvalue weighted by Gasteiger charge is 1.90. The first-order valence-corrected chi connectivity index (χ1v) is 4.59. The van der Waals surface area contributed by atoms with Gasteiger partial charge in [0.15, 0.2) is 0 Å². The third-order valence-corrected chi connectivity index (χ3v) is 1.84. The number of benzene rings is 1. The third-order valence-electron chi connectivity index (χ3n) is 1.84. The van der Waals surface area contributed by atoms with Crippen molar-refractivity contribution < 1.29 is 0 Å². The molecule has 0 aliphatic carbocycles. The van der Waals surface area contributed by atoms with E-state index in [1.165, 1.54) is 17.5 Å². The molecule has 1 rings (SSSR count). The Morgan fingerprint density at radius 3 is 2.69 bits per heavy atom. The molecule has 0 aliphatic rings. The van der Waals surface area contributed by atoms with Crippen LogP contribution in [0.5, 0.6) is 0 Å². The van der Waals surface area contributed by atoms with E-state index in [2.05, 4.69) is 43.4 Å². The maximum atomic E-state index is 3.38. The summed E-state index contributed by atoms with van der Waals surface area (Å²) in [7, 11) is 0. The van der Waals surface area contributed by atoms with Gasteiger partial charge in [-0.2, -0.15) is 0 Å². The highest BCUT2D eigenvalue weighted by Crippen LogP contribution is 2.02. The van der Waals surface area contributed by atoms with Crippen LogP contribution in [0.15, 0.2) is 24.3 Å². The molecule has 0 atom stereocenters. The van der Waals surface area contributed by atoms with E-state index < -0.39 is 0 Å². The van der Waals surface area contributed by atoms with Crippen LogP contribution in [0.2, 0.25) is 0 Å². The van der Waals surface area contributed by atoms with Crippen LogP contribution in [0.3, 0.4) is 0 Å². The standard InChI is InChI=1S/C11H17N.ClH/c1-3-7-12-9-11-6-4-5-10(2)8-11;/h4-6,8,12H,3,7,9H2,1-2H3;1H. The van der Waals surface area contributed by atoms with Crippen molar-refractivity contribution >= 4 is 12.4 Å². The Balaban J connectivity index is 0.00000144. The van der Waals surface area contributed by atoms with E-state index in [4.69, 9.17) is 0 Å². The number of nitrogens with one attached hydrogen (secondary N) is 1. The molecule has 13 heavy (non-hydrogen) atoms. The Morgan fingerprint density at radius 1 is 1.31 bits per heavy atom. The largest absolute Gasteiger partial charge is 0.313 e. The molecule has 0 radical (unpaired) electrons. The summed E-state index contributed by atoms with van der Waals surface area (Å²) in [5, 5.41) is 3.38.